The van der Waals surface area contributed by atoms with Crippen LogP contribution < -0.4 is 5.43 Å². The van der Waals surface area contributed by atoms with Crippen molar-refractivity contribution in [1.82, 2.24) is 15.0 Å². The summed E-state index contributed by atoms with van der Waals surface area (Å²) >= 11 is 1.77. The summed E-state index contributed by atoms with van der Waals surface area (Å²) in [5.41, 5.74) is 0.701. The van der Waals surface area contributed by atoms with E-state index in [1.165, 1.54) is 13.0 Å². The van der Waals surface area contributed by atoms with E-state index in [0.717, 1.165) is 22.9 Å². The lowest BCUT2D eigenvalue weighted by Gasteiger charge is -2.09. The van der Waals surface area contributed by atoms with E-state index in [4.69, 9.17) is 0 Å². The maximum absolute atomic E-state index is 12.9. The number of aryl methyl sites for hydroxylation is 1. The van der Waals surface area contributed by atoms with Gasteiger partial charge in [-0.05, 0) is 29.9 Å². The average molecular weight is 362 g/mol. The Morgan fingerprint density at radius 2 is 2.13 bits per heavy atom. The van der Waals surface area contributed by atoms with E-state index < -0.39 is 30.0 Å². The molecule has 2 heterocycles. The first kappa shape index (κ1) is 17.2. The van der Waals surface area contributed by atoms with E-state index >= 15 is 0 Å². The quantitative estimate of drug-likeness (QED) is 0.504. The maximum atomic E-state index is 12.9. The number of hydrogen-bond acceptors (Lipinski definition) is 7. The number of thiophene rings is 1. The van der Waals surface area contributed by atoms with Crippen LogP contribution in [0.4, 0.5) is 13.2 Å². The predicted octanol–water partition coefficient (Wildman–Crippen LogP) is 2.83. The van der Waals surface area contributed by atoms with Gasteiger partial charge in [-0.2, -0.15) is 18.3 Å². The number of halogens is 3. The molecule has 0 saturated heterocycles. The summed E-state index contributed by atoms with van der Waals surface area (Å²) in [6.45, 7) is 1.49. The van der Waals surface area contributed by atoms with Gasteiger partial charge in [-0.1, -0.05) is 10.6 Å². The van der Waals surface area contributed by atoms with Crippen LogP contribution in [0.3, 0.4) is 0 Å². The maximum Gasteiger partial charge on any atom is 0.431 e. The fourth-order valence-electron chi connectivity index (χ4n) is 1.49. The first-order valence-corrected chi connectivity index (χ1v) is 7.74. The number of hydrogen-bond donors (Lipinski definition) is 1. The number of alkyl halides is 3. The van der Waals surface area contributed by atoms with Crippen molar-refractivity contribution in [3.63, 3.8) is 0 Å². The van der Waals surface area contributed by atoms with Crippen LogP contribution in [0.2, 0.25) is 0 Å². The fourth-order valence-corrected chi connectivity index (χ4v) is 2.70. The predicted molar refractivity (Wildman–Crippen MR) is 78.9 cm³/mol. The van der Waals surface area contributed by atoms with Crippen LogP contribution in [0, 0.1) is 6.92 Å². The van der Waals surface area contributed by atoms with Gasteiger partial charge in [-0.15, -0.1) is 16.4 Å². The molecule has 0 aliphatic heterocycles. The zero-order valence-electron chi connectivity index (χ0n) is 11.5. The Morgan fingerprint density at radius 1 is 1.39 bits per heavy atom. The van der Waals surface area contributed by atoms with E-state index in [0.29, 0.717) is 0 Å². The van der Waals surface area contributed by atoms with Gasteiger partial charge in [0.05, 0.1) is 17.0 Å². The number of hydrazone groups is 1. The van der Waals surface area contributed by atoms with Crippen molar-refractivity contribution < 1.29 is 22.8 Å². The molecule has 0 saturated carbocycles. The molecule has 0 bridgehead atoms. The Hall–Kier alpha value is -2.14. The average Bonchev–Trinajstić information content (AvgIpc) is 3.12. The molecule has 0 spiro atoms. The highest BCUT2D eigenvalue weighted by molar-refractivity contribution is 7.12. The molecular formula is C12H9F3N4O2S2. The van der Waals surface area contributed by atoms with E-state index in [2.05, 4.69) is 14.7 Å². The Morgan fingerprint density at radius 3 is 2.65 bits per heavy atom. The van der Waals surface area contributed by atoms with Crippen molar-refractivity contribution >= 4 is 40.3 Å². The molecule has 2 rings (SSSR count). The number of carbonyl (C=O) groups is 2. The SMILES string of the molecule is Cc1nnsc1C(=O)N/N=C(\CC(=O)c1cccs1)C(F)(F)F. The standard InChI is InChI=1S/C12H9F3N4O2S2/c1-6-10(23-19-16-6)11(21)18-17-9(12(13,14)15)5-7(20)8-3-2-4-22-8/h2-4H,5H2,1H3,(H,18,21)/b17-9+. The summed E-state index contributed by atoms with van der Waals surface area (Å²) < 4.78 is 42.3. The van der Waals surface area contributed by atoms with Crippen LogP contribution >= 0.6 is 22.9 Å². The molecule has 1 amide bonds. The fraction of sp³-hybridized carbons (Fsp3) is 0.250. The molecule has 0 aliphatic carbocycles. The second-order valence-corrected chi connectivity index (χ2v) is 5.96. The topological polar surface area (TPSA) is 84.3 Å². The van der Waals surface area contributed by atoms with E-state index in [-0.39, 0.29) is 15.4 Å². The highest BCUT2D eigenvalue weighted by atomic mass is 32.1. The molecule has 2 aromatic rings. The zero-order valence-corrected chi connectivity index (χ0v) is 13.2. The van der Waals surface area contributed by atoms with E-state index in [1.54, 1.807) is 16.9 Å². The third-order valence-corrected chi connectivity index (χ3v) is 4.34. The normalized spacial score (nSPS) is 12.3. The highest BCUT2D eigenvalue weighted by Gasteiger charge is 2.37. The lowest BCUT2D eigenvalue weighted by Crippen LogP contribution is -2.30. The van der Waals surface area contributed by atoms with Crippen molar-refractivity contribution in [2.45, 2.75) is 19.5 Å². The van der Waals surface area contributed by atoms with Gasteiger partial charge >= 0.3 is 6.18 Å². The number of rotatable bonds is 5. The van der Waals surface area contributed by atoms with E-state index in [9.17, 15) is 22.8 Å². The first-order valence-electron chi connectivity index (χ1n) is 6.08. The molecule has 0 aliphatic rings. The number of aromatic nitrogens is 2. The summed E-state index contributed by atoms with van der Waals surface area (Å²) in [5, 5.41) is 8.23. The van der Waals surface area contributed by atoms with Crippen molar-refractivity contribution in [1.29, 1.82) is 0 Å². The largest absolute Gasteiger partial charge is 0.431 e. The van der Waals surface area contributed by atoms with Gasteiger partial charge in [0.2, 0.25) is 0 Å². The molecule has 0 atom stereocenters. The van der Waals surface area contributed by atoms with Gasteiger partial charge in [0.15, 0.2) is 5.78 Å². The minimum Gasteiger partial charge on any atom is -0.293 e. The van der Waals surface area contributed by atoms with E-state index in [1.807, 2.05) is 0 Å². The van der Waals surface area contributed by atoms with Crippen molar-refractivity contribution in [2.75, 3.05) is 0 Å². The molecule has 122 valence electrons. The van der Waals surface area contributed by atoms with Crippen molar-refractivity contribution in [3.8, 4) is 0 Å². The molecule has 2 aromatic heterocycles. The lowest BCUT2D eigenvalue weighted by atomic mass is 10.1. The smallest absolute Gasteiger partial charge is 0.293 e. The Kier molecular flexibility index (Phi) is 5.21. The van der Waals surface area contributed by atoms with Gasteiger partial charge < -0.3 is 0 Å². The number of amides is 1. The Bertz CT molecular complexity index is 738. The number of nitrogens with one attached hydrogen (secondary N) is 1. The monoisotopic (exact) mass is 362 g/mol. The van der Waals surface area contributed by atoms with Crippen LogP contribution in [0.15, 0.2) is 22.6 Å². The number of Topliss-reactive ketones (excluding diaryl/α,β-unsaturated/α-hetero) is 1. The van der Waals surface area contributed by atoms with Gasteiger partial charge in [-0.3, -0.25) is 9.59 Å². The van der Waals surface area contributed by atoms with Crippen molar-refractivity contribution in [2.24, 2.45) is 5.10 Å². The molecular weight excluding hydrogens is 353 g/mol. The molecule has 1 N–H and O–H groups in total. The van der Waals surface area contributed by atoms with Gasteiger partial charge in [-0.25, -0.2) is 5.43 Å². The second-order valence-electron chi connectivity index (χ2n) is 4.26. The minimum atomic E-state index is -4.83. The molecule has 6 nitrogen and oxygen atoms in total. The summed E-state index contributed by atoms with van der Waals surface area (Å²) in [7, 11) is 0. The molecule has 0 unspecified atom stereocenters. The van der Waals surface area contributed by atoms with Gasteiger partial charge in [0.1, 0.15) is 10.6 Å². The lowest BCUT2D eigenvalue weighted by molar-refractivity contribution is -0.0605. The minimum absolute atomic E-state index is 0.0554. The van der Waals surface area contributed by atoms with Gasteiger partial charge in [0.25, 0.3) is 5.91 Å². The summed E-state index contributed by atoms with van der Waals surface area (Å²) in [5.74, 6) is -1.58. The van der Waals surface area contributed by atoms with Crippen LogP contribution in [0.1, 0.15) is 31.5 Å². The molecule has 0 aromatic carbocycles. The zero-order chi connectivity index (χ0) is 17.0. The summed E-state index contributed by atoms with van der Waals surface area (Å²) in [4.78, 5) is 23.8. The summed E-state index contributed by atoms with van der Waals surface area (Å²) in [6, 6.07) is 2.98. The molecule has 11 heteroatoms. The molecule has 0 fully saturated rings. The third-order valence-electron chi connectivity index (χ3n) is 2.60. The first-order chi connectivity index (χ1) is 10.8. The Labute approximate surface area is 136 Å². The molecule has 0 radical (unpaired) electrons. The Balaban J connectivity index is 2.14. The highest BCUT2D eigenvalue weighted by Crippen LogP contribution is 2.22. The van der Waals surface area contributed by atoms with Crippen LogP contribution in [0.5, 0.6) is 0 Å². The number of ketones is 1. The van der Waals surface area contributed by atoms with Crippen molar-refractivity contribution in [3.05, 3.63) is 33.0 Å². The number of nitrogens with zero attached hydrogens (tertiary/aromatic N) is 3. The molecule has 23 heavy (non-hydrogen) atoms. The summed E-state index contributed by atoms with van der Waals surface area (Å²) in [6.07, 6.45) is -5.79. The van der Waals surface area contributed by atoms with Crippen LogP contribution in [-0.2, 0) is 0 Å². The second kappa shape index (κ2) is 6.96. The third kappa shape index (κ3) is 4.42. The van der Waals surface area contributed by atoms with Crippen LogP contribution in [-0.4, -0.2) is 33.2 Å². The van der Waals surface area contributed by atoms with Crippen LogP contribution in [0.25, 0.3) is 0 Å². The number of carbonyl (C=O) groups excluding carboxylic acids is 2. The van der Waals surface area contributed by atoms with Gasteiger partial charge in [0, 0.05) is 0 Å².